The van der Waals surface area contributed by atoms with Gasteiger partial charge in [-0.1, -0.05) is 29.8 Å². The van der Waals surface area contributed by atoms with E-state index in [4.69, 9.17) is 11.6 Å². The van der Waals surface area contributed by atoms with Gasteiger partial charge in [-0.05, 0) is 60.2 Å². The lowest BCUT2D eigenvalue weighted by atomic mass is 10.2. The van der Waals surface area contributed by atoms with Crippen LogP contribution in [0.5, 0.6) is 0 Å². The van der Waals surface area contributed by atoms with Gasteiger partial charge in [0.1, 0.15) is 0 Å². The van der Waals surface area contributed by atoms with Crippen molar-refractivity contribution in [1.82, 2.24) is 5.43 Å². The monoisotopic (exact) mass is 460 g/mol. The van der Waals surface area contributed by atoms with Crippen LogP contribution in [0.25, 0.3) is 0 Å². The van der Waals surface area contributed by atoms with Gasteiger partial charge in [-0.25, -0.2) is 10.2 Å². The number of benzene rings is 3. The Bertz CT molecular complexity index is 1130. The molecule has 0 unspecified atom stereocenters. The Morgan fingerprint density at radius 2 is 1.53 bits per heavy atom. The number of hydrogen-bond acceptors (Lipinski definition) is 3. The van der Waals surface area contributed by atoms with E-state index in [0.29, 0.717) is 16.3 Å². The molecule has 6 nitrogen and oxygen atoms in total. The fourth-order valence-electron chi connectivity index (χ4n) is 2.55. The normalized spacial score (nSPS) is 11.2. The first-order valence-electron chi connectivity index (χ1n) is 9.15. The number of hydrazone groups is 1. The molecule has 10 heteroatoms. The highest BCUT2D eigenvalue weighted by Gasteiger charge is 2.30. The molecule has 3 rings (SSSR count). The predicted molar refractivity (Wildman–Crippen MR) is 117 cm³/mol. The standard InChI is InChI=1S/C22H16ClF3N4O2/c23-17-8-4-14(5-9-17)13-27-30-20(31)15-6-10-18(11-7-15)28-21(32)29-19-3-1-2-16(12-19)22(24,25)26/h1-13H,(H,30,31)(H2,28,29,32)/b27-13+. The van der Waals surface area contributed by atoms with E-state index in [1.54, 1.807) is 24.3 Å². The van der Waals surface area contributed by atoms with Gasteiger partial charge in [0.2, 0.25) is 0 Å². The van der Waals surface area contributed by atoms with Crippen molar-refractivity contribution in [2.24, 2.45) is 5.10 Å². The van der Waals surface area contributed by atoms with Crippen LogP contribution in [-0.2, 0) is 6.18 Å². The van der Waals surface area contributed by atoms with Gasteiger partial charge < -0.3 is 10.6 Å². The number of carbonyl (C=O) groups excluding carboxylic acids is 2. The first-order valence-corrected chi connectivity index (χ1v) is 9.53. The average molecular weight is 461 g/mol. The Kier molecular flexibility index (Phi) is 7.11. The molecule has 0 aromatic heterocycles. The van der Waals surface area contributed by atoms with Crippen molar-refractivity contribution in [2.45, 2.75) is 6.18 Å². The molecule has 0 aliphatic rings. The minimum Gasteiger partial charge on any atom is -0.308 e. The highest BCUT2D eigenvalue weighted by molar-refractivity contribution is 6.30. The second-order valence-electron chi connectivity index (χ2n) is 6.49. The Balaban J connectivity index is 1.54. The van der Waals surface area contributed by atoms with E-state index in [1.165, 1.54) is 42.6 Å². The van der Waals surface area contributed by atoms with E-state index in [9.17, 15) is 22.8 Å². The molecule has 0 saturated carbocycles. The smallest absolute Gasteiger partial charge is 0.308 e. The third kappa shape index (κ3) is 6.58. The van der Waals surface area contributed by atoms with Crippen LogP contribution in [0, 0.1) is 0 Å². The molecular formula is C22H16ClF3N4O2. The molecule has 0 atom stereocenters. The van der Waals surface area contributed by atoms with Crippen molar-refractivity contribution in [3.63, 3.8) is 0 Å². The molecule has 0 spiro atoms. The predicted octanol–water partition coefficient (Wildman–Crippen LogP) is 5.77. The second-order valence-corrected chi connectivity index (χ2v) is 6.92. The number of nitrogens with zero attached hydrogens (tertiary/aromatic N) is 1. The summed E-state index contributed by atoms with van der Waals surface area (Å²) < 4.78 is 38.3. The molecule has 0 aliphatic carbocycles. The second kappa shape index (κ2) is 9.97. The van der Waals surface area contributed by atoms with Gasteiger partial charge >= 0.3 is 12.2 Å². The van der Waals surface area contributed by atoms with Crippen LogP contribution in [0.15, 0.2) is 77.9 Å². The van der Waals surface area contributed by atoms with Crippen LogP contribution in [0.3, 0.4) is 0 Å². The topological polar surface area (TPSA) is 82.6 Å². The highest BCUT2D eigenvalue weighted by Crippen LogP contribution is 2.30. The zero-order valence-electron chi connectivity index (χ0n) is 16.3. The maximum absolute atomic E-state index is 12.8. The molecule has 32 heavy (non-hydrogen) atoms. The van der Waals surface area contributed by atoms with Gasteiger partial charge in [0, 0.05) is 22.0 Å². The van der Waals surface area contributed by atoms with Crippen molar-refractivity contribution < 1.29 is 22.8 Å². The number of nitrogens with one attached hydrogen (secondary N) is 3. The Morgan fingerprint density at radius 3 is 2.19 bits per heavy atom. The molecule has 0 fully saturated rings. The number of rotatable bonds is 5. The maximum atomic E-state index is 12.8. The van der Waals surface area contributed by atoms with Crippen LogP contribution >= 0.6 is 11.6 Å². The summed E-state index contributed by atoms with van der Waals surface area (Å²) in [5, 5.41) is 9.26. The minimum atomic E-state index is -4.51. The summed E-state index contributed by atoms with van der Waals surface area (Å²) in [5.74, 6) is -0.463. The van der Waals surface area contributed by atoms with Crippen LogP contribution in [0.4, 0.5) is 29.3 Å². The molecule has 164 valence electrons. The van der Waals surface area contributed by atoms with Crippen molar-refractivity contribution in [2.75, 3.05) is 10.6 Å². The van der Waals surface area contributed by atoms with Crippen LogP contribution < -0.4 is 16.1 Å². The van der Waals surface area contributed by atoms with E-state index >= 15 is 0 Å². The van der Waals surface area contributed by atoms with Gasteiger partial charge in [0.25, 0.3) is 5.91 Å². The third-order valence-corrected chi connectivity index (χ3v) is 4.35. The number of alkyl halides is 3. The maximum Gasteiger partial charge on any atom is 0.416 e. The number of halogens is 4. The molecule has 0 aliphatic heterocycles. The Morgan fingerprint density at radius 1 is 0.875 bits per heavy atom. The number of amides is 3. The summed E-state index contributed by atoms with van der Waals surface area (Å²) in [7, 11) is 0. The van der Waals surface area contributed by atoms with Gasteiger partial charge in [0.15, 0.2) is 0 Å². The summed E-state index contributed by atoms with van der Waals surface area (Å²) in [5.41, 5.74) is 2.89. The quantitative estimate of drug-likeness (QED) is 0.334. The largest absolute Gasteiger partial charge is 0.416 e. The van der Waals surface area contributed by atoms with Gasteiger partial charge in [-0.3, -0.25) is 4.79 Å². The summed E-state index contributed by atoms with van der Waals surface area (Å²) in [6, 6.07) is 16.3. The first-order chi connectivity index (χ1) is 15.2. The number of carbonyl (C=O) groups is 2. The molecule has 3 aromatic carbocycles. The van der Waals surface area contributed by atoms with Crippen LogP contribution in [-0.4, -0.2) is 18.2 Å². The number of urea groups is 1. The van der Waals surface area contributed by atoms with Crippen molar-refractivity contribution in [1.29, 1.82) is 0 Å². The molecule has 0 heterocycles. The van der Waals surface area contributed by atoms with E-state index in [-0.39, 0.29) is 5.69 Å². The summed E-state index contributed by atoms with van der Waals surface area (Å²) in [6.07, 6.45) is -3.05. The average Bonchev–Trinajstić information content (AvgIpc) is 2.75. The van der Waals surface area contributed by atoms with E-state index in [1.807, 2.05) is 0 Å². The molecule has 0 radical (unpaired) electrons. The number of anilines is 2. The Hall–Kier alpha value is -3.85. The Labute approximate surface area is 186 Å². The fourth-order valence-corrected chi connectivity index (χ4v) is 2.68. The third-order valence-electron chi connectivity index (χ3n) is 4.10. The zero-order chi connectivity index (χ0) is 23.1. The summed E-state index contributed by atoms with van der Waals surface area (Å²) in [6.45, 7) is 0. The van der Waals surface area contributed by atoms with Crippen LogP contribution in [0.2, 0.25) is 5.02 Å². The molecule has 3 N–H and O–H groups in total. The molecule has 3 aromatic rings. The summed E-state index contributed by atoms with van der Waals surface area (Å²) >= 11 is 5.80. The van der Waals surface area contributed by atoms with E-state index in [0.717, 1.165) is 17.7 Å². The molecule has 3 amide bonds. The van der Waals surface area contributed by atoms with E-state index < -0.39 is 23.7 Å². The van der Waals surface area contributed by atoms with Crippen LogP contribution in [0.1, 0.15) is 21.5 Å². The lowest BCUT2D eigenvalue weighted by molar-refractivity contribution is -0.137. The van der Waals surface area contributed by atoms with Crippen molar-refractivity contribution in [3.8, 4) is 0 Å². The first kappa shape index (κ1) is 22.8. The lowest BCUT2D eigenvalue weighted by Crippen LogP contribution is -2.20. The molecular weight excluding hydrogens is 445 g/mol. The SMILES string of the molecule is O=C(Nc1ccc(C(=O)N/N=C/c2ccc(Cl)cc2)cc1)Nc1cccc(C(F)(F)F)c1. The highest BCUT2D eigenvalue weighted by atomic mass is 35.5. The van der Waals surface area contributed by atoms with E-state index in [2.05, 4.69) is 21.2 Å². The van der Waals surface area contributed by atoms with Gasteiger partial charge in [-0.2, -0.15) is 18.3 Å². The minimum absolute atomic E-state index is 0.00753. The fraction of sp³-hybridized carbons (Fsp3) is 0.0455. The van der Waals surface area contributed by atoms with Gasteiger partial charge in [0.05, 0.1) is 11.8 Å². The molecule has 0 saturated heterocycles. The van der Waals surface area contributed by atoms with Gasteiger partial charge in [-0.15, -0.1) is 0 Å². The zero-order valence-corrected chi connectivity index (χ0v) is 17.0. The lowest BCUT2D eigenvalue weighted by Gasteiger charge is -2.11. The summed E-state index contributed by atoms with van der Waals surface area (Å²) in [4.78, 5) is 24.2. The van der Waals surface area contributed by atoms with Crippen molar-refractivity contribution in [3.05, 3.63) is 94.5 Å². The molecule has 0 bridgehead atoms. The number of hydrogen-bond donors (Lipinski definition) is 3. The van der Waals surface area contributed by atoms with Crippen molar-refractivity contribution >= 4 is 41.1 Å².